The Balaban J connectivity index is 1.71. The van der Waals surface area contributed by atoms with Gasteiger partial charge in [-0.15, -0.1) is 0 Å². The minimum atomic E-state index is -0.215. The molecule has 28 heavy (non-hydrogen) atoms. The maximum Gasteiger partial charge on any atom is 0.191 e. The van der Waals surface area contributed by atoms with Crippen LogP contribution in [0.2, 0.25) is 0 Å². The fourth-order valence-electron chi connectivity index (χ4n) is 3.31. The van der Waals surface area contributed by atoms with Gasteiger partial charge in [0.05, 0.1) is 31.5 Å². The average Bonchev–Trinajstić information content (AvgIpc) is 3.12. The van der Waals surface area contributed by atoms with Gasteiger partial charge in [0.2, 0.25) is 0 Å². The molecular weight excluding hydrogens is 359 g/mol. The molecule has 8 heteroatoms. The number of halogens is 1. The molecule has 0 spiro atoms. The standard InChI is InChI=1S/C20H29FN6O/c1-3-22-20(23-14-18-7-8-25-26(18)2)24-15-19(27-9-11-28-12-10-27)16-5-4-6-17(21)13-16/h4-8,13,19H,3,9-12,14-15H2,1-2H3,(H2,22,23,24). The first-order chi connectivity index (χ1) is 13.7. The van der Waals surface area contributed by atoms with Gasteiger partial charge >= 0.3 is 0 Å². The van der Waals surface area contributed by atoms with Crippen molar-refractivity contribution in [2.75, 3.05) is 39.4 Å². The normalized spacial score (nSPS) is 16.8. The third kappa shape index (κ3) is 5.53. The van der Waals surface area contributed by atoms with Gasteiger partial charge in [0, 0.05) is 39.4 Å². The van der Waals surface area contributed by atoms with E-state index in [1.165, 1.54) is 6.07 Å². The number of nitrogens with zero attached hydrogens (tertiary/aromatic N) is 4. The van der Waals surface area contributed by atoms with Gasteiger partial charge in [-0.05, 0) is 30.7 Å². The highest BCUT2D eigenvalue weighted by molar-refractivity contribution is 5.79. The summed E-state index contributed by atoms with van der Waals surface area (Å²) in [4.78, 5) is 6.99. The number of aliphatic imine (C=N–C) groups is 1. The lowest BCUT2D eigenvalue weighted by atomic mass is 10.0. The third-order valence-electron chi connectivity index (χ3n) is 4.85. The van der Waals surface area contributed by atoms with Crippen molar-refractivity contribution < 1.29 is 9.13 Å². The van der Waals surface area contributed by atoms with E-state index >= 15 is 0 Å². The molecule has 152 valence electrons. The Bertz CT molecular complexity index is 772. The summed E-state index contributed by atoms with van der Waals surface area (Å²) in [7, 11) is 1.91. The Morgan fingerprint density at radius 2 is 2.11 bits per heavy atom. The van der Waals surface area contributed by atoms with Gasteiger partial charge in [-0.1, -0.05) is 12.1 Å². The van der Waals surface area contributed by atoms with Crippen LogP contribution in [0.15, 0.2) is 41.5 Å². The second-order valence-corrected chi connectivity index (χ2v) is 6.74. The SMILES string of the molecule is CCNC(=NCc1ccnn1C)NCC(c1cccc(F)c1)N1CCOCC1. The number of hydrogen-bond acceptors (Lipinski definition) is 4. The molecule has 0 aliphatic carbocycles. The molecular formula is C20H29FN6O. The number of guanidine groups is 1. The maximum absolute atomic E-state index is 13.8. The average molecular weight is 388 g/mol. The summed E-state index contributed by atoms with van der Waals surface area (Å²) < 4.78 is 21.1. The molecule has 2 aromatic rings. The predicted octanol–water partition coefficient (Wildman–Crippen LogP) is 1.69. The Morgan fingerprint density at radius 1 is 1.29 bits per heavy atom. The molecule has 2 N–H and O–H groups in total. The molecule has 3 rings (SSSR count). The van der Waals surface area contributed by atoms with Crippen molar-refractivity contribution in [3.05, 3.63) is 53.6 Å². The molecule has 0 amide bonds. The number of rotatable bonds is 7. The number of aryl methyl sites for hydroxylation is 1. The van der Waals surface area contributed by atoms with E-state index < -0.39 is 0 Å². The van der Waals surface area contributed by atoms with Crippen LogP contribution < -0.4 is 10.6 Å². The smallest absolute Gasteiger partial charge is 0.191 e. The summed E-state index contributed by atoms with van der Waals surface area (Å²) >= 11 is 0. The Hall–Kier alpha value is -2.45. The molecule has 1 unspecified atom stereocenters. The fourth-order valence-corrected chi connectivity index (χ4v) is 3.31. The van der Waals surface area contributed by atoms with Crippen LogP contribution in [0.4, 0.5) is 4.39 Å². The van der Waals surface area contributed by atoms with Crippen molar-refractivity contribution in [1.82, 2.24) is 25.3 Å². The highest BCUT2D eigenvalue weighted by Gasteiger charge is 2.23. The molecule has 1 aromatic carbocycles. The summed E-state index contributed by atoms with van der Waals surface area (Å²) in [6.45, 7) is 7.00. The number of morpholine rings is 1. The zero-order valence-electron chi connectivity index (χ0n) is 16.6. The van der Waals surface area contributed by atoms with E-state index in [1.807, 2.05) is 30.8 Å². The Kier molecular flexibility index (Phi) is 7.39. The molecule has 0 bridgehead atoms. The minimum Gasteiger partial charge on any atom is -0.379 e. The first kappa shape index (κ1) is 20.3. The third-order valence-corrected chi connectivity index (χ3v) is 4.85. The number of aromatic nitrogens is 2. The van der Waals surface area contributed by atoms with E-state index in [4.69, 9.17) is 4.74 Å². The summed E-state index contributed by atoms with van der Waals surface area (Å²) in [5.74, 6) is 0.519. The zero-order valence-corrected chi connectivity index (χ0v) is 16.6. The largest absolute Gasteiger partial charge is 0.379 e. The van der Waals surface area contributed by atoms with Crippen molar-refractivity contribution in [1.29, 1.82) is 0 Å². The summed E-state index contributed by atoms with van der Waals surface area (Å²) in [5.41, 5.74) is 1.99. The van der Waals surface area contributed by atoms with Crippen LogP contribution in [0.25, 0.3) is 0 Å². The zero-order chi connectivity index (χ0) is 19.8. The van der Waals surface area contributed by atoms with Crippen molar-refractivity contribution in [3.63, 3.8) is 0 Å². The second kappa shape index (κ2) is 10.2. The van der Waals surface area contributed by atoms with E-state index in [0.717, 1.165) is 36.9 Å². The van der Waals surface area contributed by atoms with Crippen LogP contribution in [-0.4, -0.2) is 60.0 Å². The van der Waals surface area contributed by atoms with Gasteiger partial charge < -0.3 is 15.4 Å². The Labute approximate surface area is 165 Å². The van der Waals surface area contributed by atoms with Crippen LogP contribution in [-0.2, 0) is 18.3 Å². The molecule has 0 saturated carbocycles. The molecule has 1 aromatic heterocycles. The van der Waals surface area contributed by atoms with Crippen LogP contribution in [0.1, 0.15) is 24.2 Å². The van der Waals surface area contributed by atoms with E-state index in [0.29, 0.717) is 26.3 Å². The lowest BCUT2D eigenvalue weighted by Gasteiger charge is -2.35. The minimum absolute atomic E-state index is 0.0418. The molecule has 0 radical (unpaired) electrons. The lowest BCUT2D eigenvalue weighted by Crippen LogP contribution is -2.46. The predicted molar refractivity (Wildman–Crippen MR) is 108 cm³/mol. The van der Waals surface area contributed by atoms with E-state index in [2.05, 4.69) is 25.6 Å². The molecule has 1 aliphatic heterocycles. The number of hydrogen-bond donors (Lipinski definition) is 2. The topological polar surface area (TPSA) is 66.7 Å². The van der Waals surface area contributed by atoms with Gasteiger partial charge in [0.25, 0.3) is 0 Å². The number of benzene rings is 1. The lowest BCUT2D eigenvalue weighted by molar-refractivity contribution is 0.0169. The van der Waals surface area contributed by atoms with E-state index in [1.54, 1.807) is 18.3 Å². The molecule has 1 aliphatic rings. The molecule has 7 nitrogen and oxygen atoms in total. The molecule has 1 saturated heterocycles. The van der Waals surface area contributed by atoms with Crippen molar-refractivity contribution >= 4 is 5.96 Å². The van der Waals surface area contributed by atoms with E-state index in [9.17, 15) is 4.39 Å². The van der Waals surface area contributed by atoms with Crippen LogP contribution in [0.5, 0.6) is 0 Å². The van der Waals surface area contributed by atoms with Crippen molar-refractivity contribution in [2.24, 2.45) is 12.0 Å². The van der Waals surface area contributed by atoms with Gasteiger partial charge in [-0.25, -0.2) is 9.38 Å². The summed E-state index contributed by atoms with van der Waals surface area (Å²) in [6, 6.07) is 8.83. The number of nitrogens with one attached hydrogen (secondary N) is 2. The summed E-state index contributed by atoms with van der Waals surface area (Å²) in [5, 5.41) is 10.9. The second-order valence-electron chi connectivity index (χ2n) is 6.74. The Morgan fingerprint density at radius 3 is 2.79 bits per heavy atom. The molecule has 1 fully saturated rings. The maximum atomic E-state index is 13.8. The first-order valence-electron chi connectivity index (χ1n) is 9.73. The van der Waals surface area contributed by atoms with E-state index in [-0.39, 0.29) is 11.9 Å². The highest BCUT2D eigenvalue weighted by Crippen LogP contribution is 2.22. The number of ether oxygens (including phenoxy) is 1. The van der Waals surface area contributed by atoms with Gasteiger partial charge in [0.15, 0.2) is 5.96 Å². The van der Waals surface area contributed by atoms with Gasteiger partial charge in [0.1, 0.15) is 5.82 Å². The summed E-state index contributed by atoms with van der Waals surface area (Å²) in [6.07, 6.45) is 1.77. The van der Waals surface area contributed by atoms with Crippen molar-refractivity contribution in [3.8, 4) is 0 Å². The first-order valence-corrected chi connectivity index (χ1v) is 9.73. The van der Waals surface area contributed by atoms with Crippen LogP contribution in [0, 0.1) is 5.82 Å². The van der Waals surface area contributed by atoms with Crippen LogP contribution >= 0.6 is 0 Å². The van der Waals surface area contributed by atoms with Crippen LogP contribution in [0.3, 0.4) is 0 Å². The van der Waals surface area contributed by atoms with Gasteiger partial charge in [-0.3, -0.25) is 9.58 Å². The monoisotopic (exact) mass is 388 g/mol. The van der Waals surface area contributed by atoms with Gasteiger partial charge in [-0.2, -0.15) is 5.10 Å². The quantitative estimate of drug-likeness (QED) is 0.558. The van der Waals surface area contributed by atoms with Crippen molar-refractivity contribution in [2.45, 2.75) is 19.5 Å². The molecule has 2 heterocycles. The highest BCUT2D eigenvalue weighted by atomic mass is 19.1. The fraction of sp³-hybridized carbons (Fsp3) is 0.500. The molecule has 1 atom stereocenters.